The van der Waals surface area contributed by atoms with Gasteiger partial charge in [0.25, 0.3) is 0 Å². The van der Waals surface area contributed by atoms with E-state index < -0.39 is 0 Å². The molecule has 9 aromatic rings. The van der Waals surface area contributed by atoms with E-state index in [1.807, 2.05) is 22.7 Å². The Kier molecular flexibility index (Phi) is 6.55. The number of nitrogens with zero attached hydrogens (tertiary/aromatic N) is 1. The molecule has 9 rings (SSSR count). The van der Waals surface area contributed by atoms with Crippen molar-refractivity contribution in [3.63, 3.8) is 0 Å². The van der Waals surface area contributed by atoms with Crippen LogP contribution in [-0.4, -0.2) is 0 Å². The minimum Gasteiger partial charge on any atom is -0.356 e. The molecule has 7 aromatic carbocycles. The fourth-order valence-corrected chi connectivity index (χ4v) is 8.61. The molecule has 46 heavy (non-hydrogen) atoms. The van der Waals surface area contributed by atoms with Gasteiger partial charge in [-0.05, 0) is 90.0 Å². The molecule has 0 aliphatic heterocycles. The number of benzene rings is 7. The van der Waals surface area contributed by atoms with Crippen molar-refractivity contribution < 1.29 is 0 Å². The summed E-state index contributed by atoms with van der Waals surface area (Å²) in [6, 6.07) is 59.0. The molecule has 1 N–H and O–H groups in total. The van der Waals surface area contributed by atoms with Crippen LogP contribution in [0.5, 0.6) is 0 Å². The van der Waals surface area contributed by atoms with Crippen LogP contribution in [0.3, 0.4) is 0 Å². The van der Waals surface area contributed by atoms with Crippen molar-refractivity contribution in [2.75, 3.05) is 10.2 Å². The van der Waals surface area contributed by atoms with E-state index >= 15 is 0 Å². The van der Waals surface area contributed by atoms with Crippen molar-refractivity contribution in [1.29, 1.82) is 0 Å². The highest BCUT2D eigenvalue weighted by Crippen LogP contribution is 2.43. The summed E-state index contributed by atoms with van der Waals surface area (Å²) in [4.78, 5) is 2.38. The van der Waals surface area contributed by atoms with Crippen molar-refractivity contribution in [1.82, 2.24) is 0 Å². The van der Waals surface area contributed by atoms with Gasteiger partial charge in [-0.25, -0.2) is 0 Å². The summed E-state index contributed by atoms with van der Waals surface area (Å²) in [7, 11) is 0. The third kappa shape index (κ3) is 4.80. The van der Waals surface area contributed by atoms with Crippen molar-refractivity contribution in [3.05, 3.63) is 164 Å². The summed E-state index contributed by atoms with van der Waals surface area (Å²) in [6.07, 6.45) is 0. The van der Waals surface area contributed by atoms with E-state index in [9.17, 15) is 0 Å². The predicted octanol–water partition coefficient (Wildman–Crippen LogP) is 13.3. The van der Waals surface area contributed by atoms with Crippen LogP contribution in [0, 0.1) is 0 Å². The van der Waals surface area contributed by atoms with Crippen LogP contribution in [0.4, 0.5) is 28.4 Å². The van der Waals surface area contributed by atoms with Gasteiger partial charge < -0.3 is 10.2 Å². The van der Waals surface area contributed by atoms with E-state index in [-0.39, 0.29) is 0 Å². The fourth-order valence-electron chi connectivity index (χ4n) is 6.40. The lowest BCUT2D eigenvalue weighted by atomic mass is 10.1. The topological polar surface area (TPSA) is 15.3 Å². The van der Waals surface area contributed by atoms with Gasteiger partial charge in [0.2, 0.25) is 0 Å². The maximum atomic E-state index is 3.62. The molecule has 0 bridgehead atoms. The molecule has 218 valence electrons. The minimum absolute atomic E-state index is 1.08. The van der Waals surface area contributed by atoms with Crippen LogP contribution < -0.4 is 10.2 Å². The minimum atomic E-state index is 1.08. The first-order valence-electron chi connectivity index (χ1n) is 15.4. The maximum absolute atomic E-state index is 3.62. The van der Waals surface area contributed by atoms with Gasteiger partial charge in [-0.15, -0.1) is 22.7 Å². The number of fused-ring (bicyclic) bond motifs is 6. The summed E-state index contributed by atoms with van der Waals surface area (Å²) in [5.74, 6) is 0. The first kappa shape index (κ1) is 26.9. The Morgan fingerprint density at radius 2 is 0.913 bits per heavy atom. The van der Waals surface area contributed by atoms with Gasteiger partial charge in [-0.1, -0.05) is 84.9 Å². The Morgan fingerprint density at radius 3 is 1.74 bits per heavy atom. The van der Waals surface area contributed by atoms with Gasteiger partial charge in [-0.2, -0.15) is 0 Å². The maximum Gasteiger partial charge on any atom is 0.0476 e. The molecule has 0 radical (unpaired) electrons. The molecule has 2 aromatic heterocycles. The summed E-state index contributed by atoms with van der Waals surface area (Å²) < 4.78 is 5.20. The van der Waals surface area contributed by atoms with Crippen LogP contribution >= 0.6 is 22.7 Å². The van der Waals surface area contributed by atoms with E-state index in [2.05, 4.69) is 174 Å². The fraction of sp³-hybridized carbons (Fsp3) is 0. The summed E-state index contributed by atoms with van der Waals surface area (Å²) in [5.41, 5.74) is 8.07. The number of rotatable bonds is 6. The van der Waals surface area contributed by atoms with Crippen LogP contribution in [0.25, 0.3) is 51.5 Å². The number of thiophene rings is 2. The molecule has 0 unspecified atom stereocenters. The molecule has 0 aliphatic rings. The van der Waals surface area contributed by atoms with Crippen molar-refractivity contribution in [2.45, 2.75) is 0 Å². The standard InChI is InChI=1S/C42H28N2S2/c1-3-9-28(10-4-1)29-15-17-30(18-16-29)43-31-19-23-40-37(25-31)36-22-20-34(27-42(36)46-40)44(32-11-5-2-6-12-32)33-21-24-41-38(26-33)35-13-7-8-14-39(35)45-41/h1-27,43H. The van der Waals surface area contributed by atoms with Gasteiger partial charge in [0.05, 0.1) is 0 Å². The highest BCUT2D eigenvalue weighted by atomic mass is 32.1. The quantitative estimate of drug-likeness (QED) is 0.198. The van der Waals surface area contributed by atoms with E-state index in [1.54, 1.807) is 0 Å². The molecule has 0 spiro atoms. The Bertz CT molecular complexity index is 2490. The van der Waals surface area contributed by atoms with Crippen LogP contribution in [0.2, 0.25) is 0 Å². The molecular weight excluding hydrogens is 597 g/mol. The predicted molar refractivity (Wildman–Crippen MR) is 202 cm³/mol. The molecule has 0 fully saturated rings. The van der Waals surface area contributed by atoms with E-state index in [0.717, 1.165) is 28.4 Å². The molecule has 2 nitrogen and oxygen atoms in total. The SMILES string of the molecule is c1ccc(-c2ccc(Nc3ccc4sc5cc(N(c6ccccc6)c6ccc7sc8ccccc8c7c6)ccc5c4c3)cc2)cc1. The molecule has 0 aliphatic carbocycles. The Labute approximate surface area is 275 Å². The smallest absolute Gasteiger partial charge is 0.0476 e. The number of anilines is 5. The monoisotopic (exact) mass is 624 g/mol. The summed E-state index contributed by atoms with van der Waals surface area (Å²) in [6.45, 7) is 0. The number of nitrogens with one attached hydrogen (secondary N) is 1. The van der Waals surface area contributed by atoms with Crippen molar-refractivity contribution in [3.8, 4) is 11.1 Å². The number of hydrogen-bond donors (Lipinski definition) is 1. The van der Waals surface area contributed by atoms with Crippen LogP contribution in [0.1, 0.15) is 0 Å². The molecular formula is C42H28N2S2. The molecule has 0 saturated carbocycles. The first-order valence-corrected chi connectivity index (χ1v) is 17.1. The summed E-state index contributed by atoms with van der Waals surface area (Å²) >= 11 is 3.71. The molecule has 4 heteroatoms. The van der Waals surface area contributed by atoms with Gasteiger partial charge in [0.1, 0.15) is 0 Å². The van der Waals surface area contributed by atoms with Crippen LogP contribution in [0.15, 0.2) is 164 Å². The van der Waals surface area contributed by atoms with E-state index in [4.69, 9.17) is 0 Å². The molecule has 0 atom stereocenters. The third-order valence-corrected chi connectivity index (χ3v) is 10.9. The Morgan fingerprint density at radius 1 is 0.348 bits per heavy atom. The Hall–Kier alpha value is -5.42. The lowest BCUT2D eigenvalue weighted by Gasteiger charge is -2.25. The van der Waals surface area contributed by atoms with E-state index in [0.29, 0.717) is 0 Å². The lowest BCUT2D eigenvalue weighted by Crippen LogP contribution is -2.09. The lowest BCUT2D eigenvalue weighted by molar-refractivity contribution is 1.30. The molecule has 0 amide bonds. The van der Waals surface area contributed by atoms with E-state index in [1.165, 1.54) is 51.5 Å². The zero-order chi connectivity index (χ0) is 30.5. The van der Waals surface area contributed by atoms with Crippen molar-refractivity contribution in [2.24, 2.45) is 0 Å². The largest absolute Gasteiger partial charge is 0.356 e. The van der Waals surface area contributed by atoms with Crippen molar-refractivity contribution >= 4 is 91.5 Å². The van der Waals surface area contributed by atoms with Gasteiger partial charge >= 0.3 is 0 Å². The number of para-hydroxylation sites is 1. The third-order valence-electron chi connectivity index (χ3n) is 8.63. The highest BCUT2D eigenvalue weighted by molar-refractivity contribution is 7.26. The Balaban J connectivity index is 1.08. The summed E-state index contributed by atoms with van der Waals surface area (Å²) in [5, 5.41) is 8.79. The molecule has 2 heterocycles. The van der Waals surface area contributed by atoms with Gasteiger partial charge in [0, 0.05) is 68.8 Å². The van der Waals surface area contributed by atoms with Gasteiger partial charge in [-0.3, -0.25) is 0 Å². The first-order chi connectivity index (χ1) is 22.8. The number of hydrogen-bond acceptors (Lipinski definition) is 4. The second kappa shape index (κ2) is 11.2. The molecule has 0 saturated heterocycles. The highest BCUT2D eigenvalue weighted by Gasteiger charge is 2.16. The zero-order valence-electron chi connectivity index (χ0n) is 24.9. The second-order valence-corrected chi connectivity index (χ2v) is 13.7. The van der Waals surface area contributed by atoms with Gasteiger partial charge in [0.15, 0.2) is 0 Å². The van der Waals surface area contributed by atoms with Crippen LogP contribution in [-0.2, 0) is 0 Å². The average Bonchev–Trinajstić information content (AvgIpc) is 3.67. The normalized spacial score (nSPS) is 11.5. The zero-order valence-corrected chi connectivity index (χ0v) is 26.5. The average molecular weight is 625 g/mol. The second-order valence-electron chi connectivity index (χ2n) is 11.5.